The predicted octanol–water partition coefficient (Wildman–Crippen LogP) is 2.91. The predicted molar refractivity (Wildman–Crippen MR) is 60.2 cm³/mol. The largest absolute Gasteiger partial charge is 0.360 e. The van der Waals surface area contributed by atoms with Crippen LogP contribution >= 0.6 is 0 Å². The van der Waals surface area contributed by atoms with Crippen LogP contribution < -0.4 is 10.6 Å². The first-order chi connectivity index (χ1) is 8.56. The van der Waals surface area contributed by atoms with Gasteiger partial charge in [0, 0.05) is 6.07 Å². The summed E-state index contributed by atoms with van der Waals surface area (Å²) < 4.78 is 31.2. The van der Waals surface area contributed by atoms with Gasteiger partial charge in [0.15, 0.2) is 5.82 Å². The zero-order valence-electron chi connectivity index (χ0n) is 9.33. The Balaban J connectivity index is 2.08. The van der Waals surface area contributed by atoms with Crippen LogP contribution in [0.4, 0.5) is 25.1 Å². The molecule has 1 heterocycles. The van der Waals surface area contributed by atoms with E-state index in [0.29, 0.717) is 5.76 Å². The highest BCUT2D eigenvalue weighted by atomic mass is 19.1. The molecule has 0 saturated carbocycles. The van der Waals surface area contributed by atoms with Gasteiger partial charge in [-0.2, -0.15) is 0 Å². The van der Waals surface area contributed by atoms with E-state index in [1.54, 1.807) is 6.92 Å². The topological polar surface area (TPSA) is 67.2 Å². The monoisotopic (exact) mass is 253 g/mol. The van der Waals surface area contributed by atoms with Gasteiger partial charge in [0.1, 0.15) is 23.1 Å². The molecule has 0 saturated heterocycles. The van der Waals surface area contributed by atoms with Crippen molar-refractivity contribution in [2.45, 2.75) is 6.92 Å². The molecule has 0 bridgehead atoms. The molecule has 0 aliphatic carbocycles. The van der Waals surface area contributed by atoms with Gasteiger partial charge in [-0.15, -0.1) is 0 Å². The van der Waals surface area contributed by atoms with E-state index in [-0.39, 0.29) is 5.82 Å². The molecule has 0 fully saturated rings. The van der Waals surface area contributed by atoms with Crippen LogP contribution in [0.1, 0.15) is 5.76 Å². The number of nitrogens with one attached hydrogen (secondary N) is 2. The summed E-state index contributed by atoms with van der Waals surface area (Å²) in [5, 5.41) is 7.84. The minimum Gasteiger partial charge on any atom is -0.360 e. The SMILES string of the molecule is Cc1cc(NC(=O)Nc2c(F)cccc2F)no1. The summed E-state index contributed by atoms with van der Waals surface area (Å²) in [4.78, 5) is 11.5. The number of aryl methyl sites for hydroxylation is 1. The smallest absolute Gasteiger partial charge is 0.325 e. The normalized spacial score (nSPS) is 10.2. The van der Waals surface area contributed by atoms with Crippen molar-refractivity contribution >= 4 is 17.5 Å². The van der Waals surface area contributed by atoms with E-state index in [1.807, 2.05) is 0 Å². The Morgan fingerprint density at radius 3 is 2.50 bits per heavy atom. The van der Waals surface area contributed by atoms with E-state index in [2.05, 4.69) is 15.8 Å². The summed E-state index contributed by atoms with van der Waals surface area (Å²) in [7, 11) is 0. The zero-order valence-corrected chi connectivity index (χ0v) is 9.33. The molecule has 2 N–H and O–H groups in total. The molecular weight excluding hydrogens is 244 g/mol. The van der Waals surface area contributed by atoms with Crippen molar-refractivity contribution in [1.29, 1.82) is 0 Å². The lowest BCUT2D eigenvalue weighted by Crippen LogP contribution is -2.21. The fourth-order valence-corrected chi connectivity index (χ4v) is 1.30. The lowest BCUT2D eigenvalue weighted by atomic mass is 10.3. The van der Waals surface area contributed by atoms with Crippen molar-refractivity contribution in [3.63, 3.8) is 0 Å². The fraction of sp³-hybridized carbons (Fsp3) is 0.0909. The average molecular weight is 253 g/mol. The highest BCUT2D eigenvalue weighted by molar-refractivity contribution is 5.99. The van der Waals surface area contributed by atoms with Crippen LogP contribution in [0.15, 0.2) is 28.8 Å². The van der Waals surface area contributed by atoms with Gasteiger partial charge in [-0.1, -0.05) is 11.2 Å². The summed E-state index contributed by atoms with van der Waals surface area (Å²) in [5.41, 5.74) is -0.518. The number of urea groups is 1. The number of benzene rings is 1. The number of carbonyl (C=O) groups excluding carboxylic acids is 1. The maximum Gasteiger partial charge on any atom is 0.325 e. The summed E-state index contributed by atoms with van der Waals surface area (Å²) >= 11 is 0. The third-order valence-corrected chi connectivity index (χ3v) is 2.07. The van der Waals surface area contributed by atoms with Gasteiger partial charge in [0.25, 0.3) is 0 Å². The van der Waals surface area contributed by atoms with Crippen LogP contribution in [0.25, 0.3) is 0 Å². The molecule has 0 aliphatic rings. The molecular formula is C11H9F2N3O2. The number of amides is 2. The van der Waals surface area contributed by atoms with Crippen molar-refractivity contribution in [2.24, 2.45) is 0 Å². The van der Waals surface area contributed by atoms with Crippen LogP contribution in [0.3, 0.4) is 0 Å². The molecule has 1 aromatic carbocycles. The molecule has 1 aromatic heterocycles. The number of anilines is 2. The molecule has 0 aliphatic heterocycles. The molecule has 18 heavy (non-hydrogen) atoms. The van der Waals surface area contributed by atoms with Crippen molar-refractivity contribution in [1.82, 2.24) is 5.16 Å². The van der Waals surface area contributed by atoms with E-state index >= 15 is 0 Å². The second-order valence-corrected chi connectivity index (χ2v) is 3.50. The Kier molecular flexibility index (Phi) is 3.22. The molecule has 94 valence electrons. The van der Waals surface area contributed by atoms with Gasteiger partial charge in [0.05, 0.1) is 0 Å². The van der Waals surface area contributed by atoms with Gasteiger partial charge >= 0.3 is 6.03 Å². The first-order valence-electron chi connectivity index (χ1n) is 5.01. The van der Waals surface area contributed by atoms with Crippen molar-refractivity contribution in [3.8, 4) is 0 Å². The number of carbonyl (C=O) groups is 1. The molecule has 0 atom stereocenters. The van der Waals surface area contributed by atoms with Crippen LogP contribution in [0.2, 0.25) is 0 Å². The lowest BCUT2D eigenvalue weighted by molar-refractivity contribution is 0.261. The number of hydrogen-bond donors (Lipinski definition) is 2. The Morgan fingerprint density at radius 1 is 1.28 bits per heavy atom. The third-order valence-electron chi connectivity index (χ3n) is 2.07. The summed E-state index contributed by atoms with van der Waals surface area (Å²) in [6.07, 6.45) is 0. The number of para-hydroxylation sites is 1. The maximum absolute atomic E-state index is 13.2. The second kappa shape index (κ2) is 4.82. The molecule has 2 rings (SSSR count). The fourth-order valence-electron chi connectivity index (χ4n) is 1.30. The van der Waals surface area contributed by atoms with Crippen LogP contribution in [-0.4, -0.2) is 11.2 Å². The number of rotatable bonds is 2. The van der Waals surface area contributed by atoms with Gasteiger partial charge in [-0.05, 0) is 19.1 Å². The Labute approximate surface area is 101 Å². The van der Waals surface area contributed by atoms with E-state index in [4.69, 9.17) is 4.52 Å². The number of aromatic nitrogens is 1. The van der Waals surface area contributed by atoms with Crippen molar-refractivity contribution < 1.29 is 18.1 Å². The minimum atomic E-state index is -0.860. The highest BCUT2D eigenvalue weighted by Gasteiger charge is 2.12. The third kappa shape index (κ3) is 2.62. The van der Waals surface area contributed by atoms with Gasteiger partial charge < -0.3 is 9.84 Å². The van der Waals surface area contributed by atoms with Crippen molar-refractivity contribution in [3.05, 3.63) is 41.7 Å². The Bertz CT molecular complexity index is 563. The van der Waals surface area contributed by atoms with Crippen LogP contribution in [0.5, 0.6) is 0 Å². The number of nitrogens with zero attached hydrogens (tertiary/aromatic N) is 1. The van der Waals surface area contributed by atoms with Crippen LogP contribution in [-0.2, 0) is 0 Å². The van der Waals surface area contributed by atoms with E-state index in [9.17, 15) is 13.6 Å². The average Bonchev–Trinajstić information content (AvgIpc) is 2.69. The zero-order chi connectivity index (χ0) is 13.1. The first-order valence-corrected chi connectivity index (χ1v) is 5.01. The summed E-state index contributed by atoms with van der Waals surface area (Å²) in [6.45, 7) is 1.65. The minimum absolute atomic E-state index is 0.154. The molecule has 0 radical (unpaired) electrons. The van der Waals surface area contributed by atoms with E-state index in [0.717, 1.165) is 12.1 Å². The Hall–Kier alpha value is -2.44. The van der Waals surface area contributed by atoms with Gasteiger partial charge in [-0.25, -0.2) is 13.6 Å². The molecule has 0 spiro atoms. The first kappa shape index (κ1) is 12.0. The summed E-state index contributed by atoms with van der Waals surface area (Å²) in [6, 6.07) is 3.94. The lowest BCUT2D eigenvalue weighted by Gasteiger charge is -2.06. The molecule has 7 heteroatoms. The van der Waals surface area contributed by atoms with Gasteiger partial charge in [0.2, 0.25) is 0 Å². The highest BCUT2D eigenvalue weighted by Crippen LogP contribution is 2.18. The molecule has 0 unspecified atom stereocenters. The maximum atomic E-state index is 13.2. The van der Waals surface area contributed by atoms with E-state index < -0.39 is 23.4 Å². The molecule has 2 amide bonds. The standard InChI is InChI=1S/C11H9F2N3O2/c1-6-5-9(16-18-6)14-11(17)15-10-7(12)3-2-4-8(10)13/h2-5H,1H3,(H2,14,15,16,17). The molecule has 5 nitrogen and oxygen atoms in total. The Morgan fingerprint density at radius 2 is 1.94 bits per heavy atom. The van der Waals surface area contributed by atoms with Crippen molar-refractivity contribution in [2.75, 3.05) is 10.6 Å². The van der Waals surface area contributed by atoms with Crippen LogP contribution in [0, 0.1) is 18.6 Å². The number of halogens is 2. The summed E-state index contributed by atoms with van der Waals surface area (Å²) in [5.74, 6) is -1.06. The van der Waals surface area contributed by atoms with E-state index in [1.165, 1.54) is 12.1 Å². The molecule has 2 aromatic rings. The number of hydrogen-bond acceptors (Lipinski definition) is 3. The second-order valence-electron chi connectivity index (χ2n) is 3.50. The quantitative estimate of drug-likeness (QED) is 0.864. The van der Waals surface area contributed by atoms with Gasteiger partial charge in [-0.3, -0.25) is 5.32 Å².